The molecule has 1 aromatic carbocycles. The highest BCUT2D eigenvalue weighted by Crippen LogP contribution is 2.17. The fraction of sp³-hybridized carbons (Fsp3) is 0.529. The minimum Gasteiger partial charge on any atom is -0.493 e. The van der Waals surface area contributed by atoms with Crippen molar-refractivity contribution in [2.45, 2.75) is 20.3 Å². The minimum atomic E-state index is -0.107. The van der Waals surface area contributed by atoms with Crippen LogP contribution in [-0.4, -0.2) is 51.8 Å². The Hall–Kier alpha value is -1.55. The molecule has 25 heavy (non-hydrogen) atoms. The first-order chi connectivity index (χ1) is 11.7. The van der Waals surface area contributed by atoms with Crippen molar-refractivity contribution in [2.75, 3.05) is 45.3 Å². The van der Waals surface area contributed by atoms with Gasteiger partial charge in [0.05, 0.1) is 6.61 Å². The van der Waals surface area contributed by atoms with Crippen LogP contribution in [-0.2, 0) is 9.53 Å². The zero-order valence-electron chi connectivity index (χ0n) is 15.1. The Bertz CT molecular complexity index is 526. The smallest absolute Gasteiger partial charge is 0.241 e. The van der Waals surface area contributed by atoms with E-state index < -0.39 is 0 Å². The van der Waals surface area contributed by atoms with E-state index in [0.29, 0.717) is 32.3 Å². The van der Waals surface area contributed by atoms with Crippen LogP contribution < -0.4 is 20.7 Å². The van der Waals surface area contributed by atoms with Gasteiger partial charge in [0.15, 0.2) is 5.96 Å². The first-order valence-electron chi connectivity index (χ1n) is 8.23. The first-order valence-corrected chi connectivity index (χ1v) is 8.23. The van der Waals surface area contributed by atoms with Gasteiger partial charge in [-0.25, -0.2) is 4.99 Å². The molecule has 7 nitrogen and oxygen atoms in total. The lowest BCUT2D eigenvalue weighted by Gasteiger charge is -2.13. The Kier molecular flexibility index (Phi) is 13.8. The summed E-state index contributed by atoms with van der Waals surface area (Å²) in [5.41, 5.74) is 0.842. The second kappa shape index (κ2) is 14.8. The molecule has 0 radical (unpaired) electrons. The number of nitrogens with zero attached hydrogens (tertiary/aromatic N) is 1. The van der Waals surface area contributed by atoms with Gasteiger partial charge in [0.1, 0.15) is 12.3 Å². The molecule has 3 N–H and O–H groups in total. The molecule has 0 heterocycles. The lowest BCUT2D eigenvalue weighted by Crippen LogP contribution is -2.33. The summed E-state index contributed by atoms with van der Waals surface area (Å²) in [5.74, 6) is 1.22. The lowest BCUT2D eigenvalue weighted by molar-refractivity contribution is -0.119. The van der Waals surface area contributed by atoms with Gasteiger partial charge >= 0.3 is 0 Å². The van der Waals surface area contributed by atoms with Crippen LogP contribution in [0.2, 0.25) is 0 Å². The highest BCUT2D eigenvalue weighted by Gasteiger charge is 2.03. The zero-order chi connectivity index (χ0) is 17.6. The number of carbonyl (C=O) groups excluding carboxylic acids is 1. The van der Waals surface area contributed by atoms with Crippen molar-refractivity contribution >= 4 is 41.5 Å². The van der Waals surface area contributed by atoms with Crippen LogP contribution in [0.1, 0.15) is 20.3 Å². The molecule has 142 valence electrons. The van der Waals surface area contributed by atoms with E-state index in [0.717, 1.165) is 17.9 Å². The highest BCUT2D eigenvalue weighted by atomic mass is 127. The molecule has 0 saturated carbocycles. The fourth-order valence-electron chi connectivity index (χ4n) is 1.90. The average molecular weight is 464 g/mol. The van der Waals surface area contributed by atoms with Crippen molar-refractivity contribution in [3.05, 3.63) is 24.3 Å². The Balaban J connectivity index is 0.00000576. The Morgan fingerprint density at radius 2 is 1.92 bits per heavy atom. The summed E-state index contributed by atoms with van der Waals surface area (Å²) in [7, 11) is 1.67. The molecule has 1 aromatic rings. The number of hydrogen-bond donors (Lipinski definition) is 3. The first kappa shape index (κ1) is 23.4. The van der Waals surface area contributed by atoms with Gasteiger partial charge < -0.3 is 25.4 Å². The van der Waals surface area contributed by atoms with Crippen LogP contribution in [0.15, 0.2) is 29.3 Å². The molecule has 8 heteroatoms. The van der Waals surface area contributed by atoms with Crippen molar-refractivity contribution in [3.63, 3.8) is 0 Å². The maximum Gasteiger partial charge on any atom is 0.241 e. The lowest BCUT2D eigenvalue weighted by atomic mass is 10.3. The molecule has 0 saturated heterocycles. The number of aliphatic imine (C=N–C) groups is 1. The van der Waals surface area contributed by atoms with Gasteiger partial charge in [0, 0.05) is 45.0 Å². The van der Waals surface area contributed by atoms with Crippen molar-refractivity contribution in [3.8, 4) is 5.75 Å². The zero-order valence-corrected chi connectivity index (χ0v) is 17.5. The molecule has 0 unspecified atom stereocenters. The minimum absolute atomic E-state index is 0. The van der Waals surface area contributed by atoms with E-state index in [2.05, 4.69) is 20.9 Å². The molecule has 0 atom stereocenters. The summed E-state index contributed by atoms with van der Waals surface area (Å²) < 4.78 is 10.7. The molecule has 0 aliphatic heterocycles. The summed E-state index contributed by atoms with van der Waals surface area (Å²) in [6, 6.07) is 7.62. The normalized spacial score (nSPS) is 10.6. The van der Waals surface area contributed by atoms with Gasteiger partial charge in [-0.1, -0.05) is 6.07 Å². The maximum atomic E-state index is 11.5. The Labute approximate surface area is 167 Å². The highest BCUT2D eigenvalue weighted by molar-refractivity contribution is 14.0. The standard InChI is InChI=1S/C17H28N4O3.HI/c1-4-18-16(22)13-20-17(19-5-2)21-14-8-6-9-15(12-14)24-11-7-10-23-3;/h6,8-9,12H,4-5,7,10-11,13H2,1-3H3,(H,18,22)(H2,19,20,21);1H. The van der Waals surface area contributed by atoms with E-state index in [1.807, 2.05) is 38.1 Å². The third kappa shape index (κ3) is 10.8. The van der Waals surface area contributed by atoms with Gasteiger partial charge in [-0.3, -0.25) is 4.79 Å². The number of likely N-dealkylation sites (N-methyl/N-ethyl adjacent to an activating group) is 1. The van der Waals surface area contributed by atoms with E-state index in [1.54, 1.807) is 7.11 Å². The van der Waals surface area contributed by atoms with Crippen molar-refractivity contribution in [2.24, 2.45) is 4.99 Å². The summed E-state index contributed by atoms with van der Waals surface area (Å²) in [4.78, 5) is 15.8. The molecule has 0 spiro atoms. The number of halogens is 1. The third-order valence-corrected chi connectivity index (χ3v) is 2.96. The molecule has 1 amide bonds. The Morgan fingerprint density at radius 3 is 2.60 bits per heavy atom. The summed E-state index contributed by atoms with van der Waals surface area (Å²) in [6.07, 6.45) is 0.838. The number of amides is 1. The number of guanidine groups is 1. The number of rotatable bonds is 10. The summed E-state index contributed by atoms with van der Waals surface area (Å²) >= 11 is 0. The third-order valence-electron chi connectivity index (χ3n) is 2.96. The molecule has 0 fully saturated rings. The maximum absolute atomic E-state index is 11.5. The second-order valence-corrected chi connectivity index (χ2v) is 5.00. The predicted octanol–water partition coefficient (Wildman–Crippen LogP) is 2.23. The molecule has 0 bridgehead atoms. The average Bonchev–Trinajstić information content (AvgIpc) is 2.57. The fourth-order valence-corrected chi connectivity index (χ4v) is 1.90. The van der Waals surface area contributed by atoms with Gasteiger partial charge in [0.25, 0.3) is 0 Å². The van der Waals surface area contributed by atoms with Gasteiger partial charge in [-0.2, -0.15) is 0 Å². The number of methoxy groups -OCH3 is 1. The largest absolute Gasteiger partial charge is 0.493 e. The monoisotopic (exact) mass is 464 g/mol. The predicted molar refractivity (Wildman–Crippen MR) is 112 cm³/mol. The van der Waals surface area contributed by atoms with Crippen LogP contribution in [0.4, 0.5) is 5.69 Å². The molecule has 0 aliphatic rings. The van der Waals surface area contributed by atoms with Crippen LogP contribution in [0.5, 0.6) is 5.75 Å². The molecule has 1 rings (SSSR count). The molecule has 0 aromatic heterocycles. The number of benzene rings is 1. The van der Waals surface area contributed by atoms with Crippen molar-refractivity contribution < 1.29 is 14.3 Å². The number of nitrogens with one attached hydrogen (secondary N) is 3. The number of hydrogen-bond acceptors (Lipinski definition) is 4. The summed E-state index contributed by atoms with van der Waals surface area (Å²) in [5, 5.41) is 9.00. The Morgan fingerprint density at radius 1 is 1.16 bits per heavy atom. The quantitative estimate of drug-likeness (QED) is 0.214. The topological polar surface area (TPSA) is 84.0 Å². The van der Waals surface area contributed by atoms with Crippen LogP contribution in [0.25, 0.3) is 0 Å². The molecule has 0 aliphatic carbocycles. The van der Waals surface area contributed by atoms with Gasteiger partial charge in [-0.05, 0) is 26.0 Å². The van der Waals surface area contributed by atoms with Crippen LogP contribution >= 0.6 is 24.0 Å². The number of carbonyl (C=O) groups is 1. The van der Waals surface area contributed by atoms with Gasteiger partial charge in [-0.15, -0.1) is 24.0 Å². The van der Waals surface area contributed by atoms with Crippen molar-refractivity contribution in [1.29, 1.82) is 0 Å². The van der Waals surface area contributed by atoms with Crippen LogP contribution in [0, 0.1) is 0 Å². The molecular weight excluding hydrogens is 435 g/mol. The number of ether oxygens (including phenoxy) is 2. The van der Waals surface area contributed by atoms with E-state index in [1.165, 1.54) is 0 Å². The SMILES string of the molecule is CCNC(=O)CN=C(NCC)Nc1cccc(OCCCOC)c1.I. The second-order valence-electron chi connectivity index (χ2n) is 5.00. The van der Waals surface area contributed by atoms with E-state index >= 15 is 0 Å². The van der Waals surface area contributed by atoms with Gasteiger partial charge in [0.2, 0.25) is 5.91 Å². The molecular formula is C17H29IN4O3. The van der Waals surface area contributed by atoms with E-state index in [9.17, 15) is 4.79 Å². The van der Waals surface area contributed by atoms with Crippen LogP contribution in [0.3, 0.4) is 0 Å². The van der Waals surface area contributed by atoms with Crippen molar-refractivity contribution in [1.82, 2.24) is 10.6 Å². The van der Waals surface area contributed by atoms with E-state index in [4.69, 9.17) is 9.47 Å². The number of anilines is 1. The summed E-state index contributed by atoms with van der Waals surface area (Å²) in [6.45, 7) is 6.51. The van der Waals surface area contributed by atoms with E-state index in [-0.39, 0.29) is 36.4 Å².